The van der Waals surface area contributed by atoms with E-state index in [0.29, 0.717) is 5.89 Å². The van der Waals surface area contributed by atoms with Gasteiger partial charge in [0.2, 0.25) is 5.89 Å². The van der Waals surface area contributed by atoms with Crippen molar-refractivity contribution in [1.29, 1.82) is 0 Å². The maximum absolute atomic E-state index is 5.84. The number of hydrogen-bond donors (Lipinski definition) is 0. The summed E-state index contributed by atoms with van der Waals surface area (Å²) in [5, 5.41) is 0. The highest BCUT2D eigenvalue weighted by molar-refractivity contribution is 5.77. The van der Waals surface area contributed by atoms with Crippen LogP contribution in [0.25, 0.3) is 22.6 Å². The molecule has 0 atom stereocenters. The molecule has 0 aliphatic carbocycles. The Kier molecular flexibility index (Phi) is 2.63. The molecule has 1 heterocycles. The Morgan fingerprint density at radius 3 is 2.78 bits per heavy atom. The predicted octanol–water partition coefficient (Wildman–Crippen LogP) is 4.37. The van der Waals surface area contributed by atoms with Crippen molar-refractivity contribution in [2.24, 2.45) is 0 Å². The number of hydrogen-bond acceptors (Lipinski definition) is 2. The zero-order chi connectivity index (χ0) is 12.5. The van der Waals surface area contributed by atoms with E-state index in [4.69, 9.17) is 4.42 Å². The molecule has 0 amide bonds. The molecule has 0 spiro atoms. The number of nitrogens with zero attached hydrogens (tertiary/aromatic N) is 1. The predicted molar refractivity (Wildman–Crippen MR) is 73.6 cm³/mol. The van der Waals surface area contributed by atoms with E-state index in [-0.39, 0.29) is 0 Å². The van der Waals surface area contributed by atoms with E-state index in [9.17, 15) is 0 Å². The Hall–Kier alpha value is -2.09. The molecule has 3 rings (SSSR count). The molecule has 2 aromatic carbocycles. The van der Waals surface area contributed by atoms with Gasteiger partial charge in [-0.25, -0.2) is 4.98 Å². The second kappa shape index (κ2) is 4.30. The van der Waals surface area contributed by atoms with Crippen molar-refractivity contribution >= 4 is 11.1 Å². The van der Waals surface area contributed by atoms with Crippen LogP contribution in [-0.2, 0) is 6.42 Å². The molecular weight excluding hydrogens is 222 g/mol. The van der Waals surface area contributed by atoms with Gasteiger partial charge in [-0.2, -0.15) is 0 Å². The molecule has 90 valence electrons. The maximum atomic E-state index is 5.84. The highest BCUT2D eigenvalue weighted by Gasteiger charge is 2.10. The molecule has 0 aliphatic heterocycles. The average Bonchev–Trinajstić information content (AvgIpc) is 2.81. The van der Waals surface area contributed by atoms with Crippen LogP contribution in [0.3, 0.4) is 0 Å². The smallest absolute Gasteiger partial charge is 0.227 e. The van der Waals surface area contributed by atoms with Gasteiger partial charge in [0.05, 0.1) is 0 Å². The molecule has 2 nitrogen and oxygen atoms in total. The Bertz CT molecular complexity index is 697. The van der Waals surface area contributed by atoms with Crippen molar-refractivity contribution in [3.8, 4) is 11.5 Å². The summed E-state index contributed by atoms with van der Waals surface area (Å²) in [5.41, 5.74) is 5.33. The van der Waals surface area contributed by atoms with Gasteiger partial charge < -0.3 is 4.42 Å². The topological polar surface area (TPSA) is 26.0 Å². The average molecular weight is 237 g/mol. The van der Waals surface area contributed by atoms with E-state index < -0.39 is 0 Å². The van der Waals surface area contributed by atoms with Crippen molar-refractivity contribution in [3.05, 3.63) is 53.6 Å². The summed E-state index contributed by atoms with van der Waals surface area (Å²) in [6.07, 6.45) is 0.980. The van der Waals surface area contributed by atoms with Crippen LogP contribution in [0.4, 0.5) is 0 Å². The molecule has 0 unspecified atom stereocenters. The maximum Gasteiger partial charge on any atom is 0.227 e. The molecule has 0 saturated heterocycles. The summed E-state index contributed by atoms with van der Waals surface area (Å²) in [5.74, 6) is 0.716. The van der Waals surface area contributed by atoms with E-state index in [2.05, 4.69) is 43.1 Å². The van der Waals surface area contributed by atoms with Crippen LogP contribution < -0.4 is 0 Å². The van der Waals surface area contributed by atoms with Crippen molar-refractivity contribution in [3.63, 3.8) is 0 Å². The zero-order valence-corrected chi connectivity index (χ0v) is 10.6. The summed E-state index contributed by atoms with van der Waals surface area (Å²) < 4.78 is 5.84. The van der Waals surface area contributed by atoms with Crippen molar-refractivity contribution in [2.75, 3.05) is 0 Å². The zero-order valence-electron chi connectivity index (χ0n) is 10.6. The van der Waals surface area contributed by atoms with Crippen LogP contribution in [0.2, 0.25) is 0 Å². The number of oxazole rings is 1. The van der Waals surface area contributed by atoms with Gasteiger partial charge in [-0.3, -0.25) is 0 Å². The Morgan fingerprint density at radius 2 is 1.94 bits per heavy atom. The third kappa shape index (κ3) is 1.80. The first kappa shape index (κ1) is 11.0. The quantitative estimate of drug-likeness (QED) is 0.661. The molecule has 0 aliphatic rings. The summed E-state index contributed by atoms with van der Waals surface area (Å²) >= 11 is 0. The summed E-state index contributed by atoms with van der Waals surface area (Å²) in [4.78, 5) is 4.59. The van der Waals surface area contributed by atoms with Crippen LogP contribution >= 0.6 is 0 Å². The van der Waals surface area contributed by atoms with Gasteiger partial charge in [0.15, 0.2) is 5.58 Å². The largest absolute Gasteiger partial charge is 0.436 e. The minimum atomic E-state index is 0.716. The highest BCUT2D eigenvalue weighted by Crippen LogP contribution is 2.27. The molecule has 1 aromatic heterocycles. The number of aromatic nitrogens is 1. The molecule has 0 bridgehead atoms. The number of benzene rings is 2. The number of rotatable bonds is 2. The van der Waals surface area contributed by atoms with Crippen molar-refractivity contribution in [1.82, 2.24) is 4.98 Å². The Labute approximate surface area is 106 Å². The lowest BCUT2D eigenvalue weighted by Gasteiger charge is -2.02. The first-order valence-corrected chi connectivity index (χ1v) is 6.23. The monoisotopic (exact) mass is 237 g/mol. The lowest BCUT2D eigenvalue weighted by atomic mass is 10.1. The van der Waals surface area contributed by atoms with E-state index in [1.165, 1.54) is 11.1 Å². The van der Waals surface area contributed by atoms with E-state index in [1.807, 2.05) is 18.2 Å². The van der Waals surface area contributed by atoms with Crippen LogP contribution in [0.5, 0.6) is 0 Å². The van der Waals surface area contributed by atoms with Crippen LogP contribution in [0.1, 0.15) is 18.1 Å². The van der Waals surface area contributed by atoms with E-state index in [0.717, 1.165) is 23.1 Å². The summed E-state index contributed by atoms with van der Waals surface area (Å²) in [6.45, 7) is 4.21. The van der Waals surface area contributed by atoms with Crippen LogP contribution in [0, 0.1) is 6.92 Å². The molecule has 18 heavy (non-hydrogen) atoms. The molecule has 0 fully saturated rings. The first-order valence-electron chi connectivity index (χ1n) is 6.23. The van der Waals surface area contributed by atoms with Gasteiger partial charge in [0.1, 0.15) is 5.52 Å². The van der Waals surface area contributed by atoms with Gasteiger partial charge in [0.25, 0.3) is 0 Å². The minimum Gasteiger partial charge on any atom is -0.436 e. The molecule has 0 N–H and O–H groups in total. The fraction of sp³-hybridized carbons (Fsp3) is 0.188. The van der Waals surface area contributed by atoms with Gasteiger partial charge in [-0.05, 0) is 42.7 Å². The summed E-state index contributed by atoms with van der Waals surface area (Å²) in [6, 6.07) is 14.3. The van der Waals surface area contributed by atoms with Gasteiger partial charge in [0, 0.05) is 5.56 Å². The number of aryl methyl sites for hydroxylation is 2. The molecular formula is C16H15NO. The molecule has 2 heteroatoms. The first-order chi connectivity index (χ1) is 8.78. The fourth-order valence-corrected chi connectivity index (χ4v) is 2.19. The third-order valence-electron chi connectivity index (χ3n) is 3.17. The van der Waals surface area contributed by atoms with E-state index >= 15 is 0 Å². The SMILES string of the molecule is CCc1ccccc1-c1nc2cc(C)ccc2o1. The minimum absolute atomic E-state index is 0.716. The van der Waals surface area contributed by atoms with Gasteiger partial charge >= 0.3 is 0 Å². The van der Waals surface area contributed by atoms with Gasteiger partial charge in [-0.1, -0.05) is 31.2 Å². The second-order valence-corrected chi connectivity index (χ2v) is 4.50. The highest BCUT2D eigenvalue weighted by atomic mass is 16.3. The normalized spacial score (nSPS) is 11.0. The van der Waals surface area contributed by atoms with Crippen LogP contribution in [0.15, 0.2) is 46.9 Å². The third-order valence-corrected chi connectivity index (χ3v) is 3.17. The Balaban J connectivity index is 2.19. The molecule has 0 saturated carbocycles. The lowest BCUT2D eigenvalue weighted by molar-refractivity contribution is 0.619. The second-order valence-electron chi connectivity index (χ2n) is 4.50. The summed E-state index contributed by atoms with van der Waals surface area (Å²) in [7, 11) is 0. The number of fused-ring (bicyclic) bond motifs is 1. The fourth-order valence-electron chi connectivity index (χ4n) is 2.19. The Morgan fingerprint density at radius 1 is 1.11 bits per heavy atom. The van der Waals surface area contributed by atoms with E-state index in [1.54, 1.807) is 0 Å². The van der Waals surface area contributed by atoms with Crippen molar-refractivity contribution in [2.45, 2.75) is 20.3 Å². The lowest BCUT2D eigenvalue weighted by Crippen LogP contribution is -1.86. The standard InChI is InChI=1S/C16H15NO/c1-3-12-6-4-5-7-13(12)16-17-14-10-11(2)8-9-15(14)18-16/h4-10H,3H2,1-2H3. The molecule has 3 aromatic rings. The van der Waals surface area contributed by atoms with Crippen molar-refractivity contribution < 1.29 is 4.42 Å². The van der Waals surface area contributed by atoms with Gasteiger partial charge in [-0.15, -0.1) is 0 Å². The van der Waals surface area contributed by atoms with Crippen LogP contribution in [-0.4, -0.2) is 4.98 Å². The molecule has 0 radical (unpaired) electrons.